The summed E-state index contributed by atoms with van der Waals surface area (Å²) in [5.41, 5.74) is 5.40. The van der Waals surface area contributed by atoms with E-state index in [4.69, 9.17) is 10.5 Å². The van der Waals surface area contributed by atoms with Gasteiger partial charge in [-0.25, -0.2) is 0 Å². The molecule has 0 heterocycles. The zero-order chi connectivity index (χ0) is 16.0. The molecule has 0 atom stereocenters. The Morgan fingerprint density at radius 1 is 1.43 bits per heavy atom. The molecule has 0 spiro atoms. The van der Waals surface area contributed by atoms with E-state index in [1.54, 1.807) is 14.0 Å². The van der Waals surface area contributed by atoms with Crippen molar-refractivity contribution in [1.29, 1.82) is 0 Å². The van der Waals surface area contributed by atoms with Crippen molar-refractivity contribution in [2.24, 2.45) is 5.73 Å². The van der Waals surface area contributed by atoms with Gasteiger partial charge in [0.1, 0.15) is 5.69 Å². The van der Waals surface area contributed by atoms with Crippen LogP contribution in [-0.4, -0.2) is 37.0 Å². The Bertz CT molecular complexity index is 559. The maximum absolute atomic E-state index is 11.3. The Morgan fingerprint density at radius 3 is 2.62 bits per heavy atom. The lowest BCUT2D eigenvalue weighted by atomic mass is 10.1. The second kappa shape index (κ2) is 7.22. The van der Waals surface area contributed by atoms with E-state index in [-0.39, 0.29) is 36.5 Å². The van der Waals surface area contributed by atoms with Gasteiger partial charge in [-0.2, -0.15) is 0 Å². The maximum atomic E-state index is 11.3. The molecule has 1 rings (SSSR count). The SMILES string of the molecule is CCOC(=O)CCN(C)c1cc(C(N)=O)ccc1[N+](=O)[O-]. The summed E-state index contributed by atoms with van der Waals surface area (Å²) in [6, 6.07) is 3.85. The quantitative estimate of drug-likeness (QED) is 0.457. The molecule has 0 bridgehead atoms. The van der Waals surface area contributed by atoms with E-state index < -0.39 is 16.8 Å². The minimum absolute atomic E-state index is 0.0856. The number of hydrogen-bond donors (Lipinski definition) is 1. The van der Waals surface area contributed by atoms with E-state index >= 15 is 0 Å². The van der Waals surface area contributed by atoms with Gasteiger partial charge in [-0.3, -0.25) is 19.7 Å². The van der Waals surface area contributed by atoms with Gasteiger partial charge >= 0.3 is 5.97 Å². The van der Waals surface area contributed by atoms with Crippen LogP contribution >= 0.6 is 0 Å². The standard InChI is InChI=1S/C13H17N3O5/c1-3-21-12(17)6-7-15(2)11-8-9(13(14)18)4-5-10(11)16(19)20/h4-5,8H,3,6-7H2,1-2H3,(H2,14,18). The lowest BCUT2D eigenvalue weighted by Crippen LogP contribution is -2.23. The molecule has 8 heteroatoms. The fourth-order valence-electron chi connectivity index (χ4n) is 1.75. The van der Waals surface area contributed by atoms with Crippen LogP contribution in [0.5, 0.6) is 0 Å². The first-order valence-electron chi connectivity index (χ1n) is 6.31. The molecule has 0 aliphatic heterocycles. The largest absolute Gasteiger partial charge is 0.466 e. The molecule has 8 nitrogen and oxygen atoms in total. The molecule has 0 aromatic heterocycles. The molecular weight excluding hydrogens is 278 g/mol. The first-order chi connectivity index (χ1) is 9.86. The first-order valence-corrected chi connectivity index (χ1v) is 6.31. The van der Waals surface area contributed by atoms with Crippen LogP contribution in [-0.2, 0) is 9.53 Å². The lowest BCUT2D eigenvalue weighted by molar-refractivity contribution is -0.384. The Hall–Kier alpha value is -2.64. The van der Waals surface area contributed by atoms with E-state index in [2.05, 4.69) is 0 Å². The summed E-state index contributed by atoms with van der Waals surface area (Å²) in [5.74, 6) is -1.07. The Morgan fingerprint density at radius 2 is 2.10 bits per heavy atom. The van der Waals surface area contributed by atoms with Crippen LogP contribution in [0.4, 0.5) is 11.4 Å². The zero-order valence-corrected chi connectivity index (χ0v) is 11.9. The number of rotatable bonds is 7. The number of carbonyl (C=O) groups is 2. The average molecular weight is 295 g/mol. The molecule has 2 N–H and O–H groups in total. The third-order valence-corrected chi connectivity index (χ3v) is 2.82. The van der Waals surface area contributed by atoms with Crippen molar-refractivity contribution in [2.45, 2.75) is 13.3 Å². The highest BCUT2D eigenvalue weighted by Crippen LogP contribution is 2.28. The van der Waals surface area contributed by atoms with Crippen molar-refractivity contribution in [3.8, 4) is 0 Å². The van der Waals surface area contributed by atoms with Gasteiger partial charge in [0, 0.05) is 25.2 Å². The van der Waals surface area contributed by atoms with Crippen molar-refractivity contribution >= 4 is 23.3 Å². The number of benzene rings is 1. The van der Waals surface area contributed by atoms with Crippen molar-refractivity contribution in [1.82, 2.24) is 0 Å². The lowest BCUT2D eigenvalue weighted by Gasteiger charge is -2.19. The monoisotopic (exact) mass is 295 g/mol. The summed E-state index contributed by atoms with van der Waals surface area (Å²) < 4.78 is 4.79. The third-order valence-electron chi connectivity index (χ3n) is 2.82. The molecule has 114 valence electrons. The number of carbonyl (C=O) groups excluding carboxylic acids is 2. The normalized spacial score (nSPS) is 10.0. The summed E-state index contributed by atoms with van der Waals surface area (Å²) in [5, 5.41) is 11.0. The summed E-state index contributed by atoms with van der Waals surface area (Å²) in [6.45, 7) is 2.20. The molecule has 0 unspecified atom stereocenters. The van der Waals surface area contributed by atoms with Gasteiger partial charge in [0.15, 0.2) is 0 Å². The minimum Gasteiger partial charge on any atom is -0.466 e. The van der Waals surface area contributed by atoms with E-state index in [1.807, 2.05) is 0 Å². The van der Waals surface area contributed by atoms with Crippen LogP contribution in [0.15, 0.2) is 18.2 Å². The molecule has 0 saturated carbocycles. The number of nitrogens with two attached hydrogens (primary N) is 1. The summed E-state index contributed by atoms with van der Waals surface area (Å²) in [7, 11) is 1.59. The van der Waals surface area contributed by atoms with Gasteiger partial charge < -0.3 is 15.4 Å². The van der Waals surface area contributed by atoms with E-state index in [9.17, 15) is 19.7 Å². The number of ether oxygens (including phenoxy) is 1. The number of primary amides is 1. The molecular formula is C13H17N3O5. The maximum Gasteiger partial charge on any atom is 0.307 e. The van der Waals surface area contributed by atoms with Gasteiger partial charge in [0.25, 0.3) is 5.69 Å². The third kappa shape index (κ3) is 4.44. The number of esters is 1. The van der Waals surface area contributed by atoms with Gasteiger partial charge in [-0.05, 0) is 19.1 Å². The molecule has 0 saturated heterocycles. The number of hydrogen-bond acceptors (Lipinski definition) is 6. The summed E-state index contributed by atoms with van der Waals surface area (Å²) in [6.07, 6.45) is 0.0856. The molecule has 21 heavy (non-hydrogen) atoms. The zero-order valence-electron chi connectivity index (χ0n) is 11.9. The highest BCUT2D eigenvalue weighted by Gasteiger charge is 2.19. The predicted octanol–water partition coefficient (Wildman–Crippen LogP) is 1.08. The van der Waals surface area contributed by atoms with Crippen LogP contribution in [0.1, 0.15) is 23.7 Å². The molecule has 0 aliphatic rings. The van der Waals surface area contributed by atoms with Crippen LogP contribution in [0, 0.1) is 10.1 Å². The van der Waals surface area contributed by atoms with Crippen LogP contribution in [0.2, 0.25) is 0 Å². The van der Waals surface area contributed by atoms with Gasteiger partial charge in [0.05, 0.1) is 18.0 Å². The molecule has 0 radical (unpaired) electrons. The average Bonchev–Trinajstić information content (AvgIpc) is 2.44. The number of amides is 1. The summed E-state index contributed by atoms with van der Waals surface area (Å²) in [4.78, 5) is 34.5. The highest BCUT2D eigenvalue weighted by molar-refractivity contribution is 5.94. The second-order valence-electron chi connectivity index (χ2n) is 4.30. The van der Waals surface area contributed by atoms with Crippen molar-refractivity contribution in [3.63, 3.8) is 0 Å². The summed E-state index contributed by atoms with van der Waals surface area (Å²) >= 11 is 0. The molecule has 1 aromatic carbocycles. The smallest absolute Gasteiger partial charge is 0.307 e. The van der Waals surface area contributed by atoms with Crippen LogP contribution < -0.4 is 10.6 Å². The van der Waals surface area contributed by atoms with Crippen molar-refractivity contribution in [2.75, 3.05) is 25.1 Å². The second-order valence-corrected chi connectivity index (χ2v) is 4.30. The predicted molar refractivity (Wildman–Crippen MR) is 76.1 cm³/mol. The number of nitro benzene ring substituents is 1. The van der Waals surface area contributed by atoms with Crippen molar-refractivity contribution < 1.29 is 19.2 Å². The Kier molecular flexibility index (Phi) is 5.65. The van der Waals surface area contributed by atoms with Gasteiger partial charge in [-0.1, -0.05) is 0 Å². The van der Waals surface area contributed by atoms with Gasteiger partial charge in [0.2, 0.25) is 5.91 Å². The Balaban J connectivity index is 2.97. The molecule has 1 aromatic rings. The number of anilines is 1. The van der Waals surface area contributed by atoms with Gasteiger partial charge in [-0.15, -0.1) is 0 Å². The molecule has 1 amide bonds. The van der Waals surface area contributed by atoms with Crippen LogP contribution in [0.3, 0.4) is 0 Å². The van der Waals surface area contributed by atoms with Crippen LogP contribution in [0.25, 0.3) is 0 Å². The number of nitro groups is 1. The Labute approximate surface area is 121 Å². The topological polar surface area (TPSA) is 116 Å². The first kappa shape index (κ1) is 16.4. The fraction of sp³-hybridized carbons (Fsp3) is 0.385. The fourth-order valence-corrected chi connectivity index (χ4v) is 1.75. The van der Waals surface area contributed by atoms with E-state index in [1.165, 1.54) is 23.1 Å². The number of nitrogens with zero attached hydrogens (tertiary/aromatic N) is 2. The van der Waals surface area contributed by atoms with E-state index in [0.29, 0.717) is 0 Å². The molecule has 0 aliphatic carbocycles. The molecule has 0 fully saturated rings. The minimum atomic E-state index is -0.676. The van der Waals surface area contributed by atoms with Crippen molar-refractivity contribution in [3.05, 3.63) is 33.9 Å². The highest BCUT2D eigenvalue weighted by atomic mass is 16.6. The van der Waals surface area contributed by atoms with E-state index in [0.717, 1.165) is 0 Å².